The molecule has 1 heterocycles. The molecule has 1 rings (SSSR count). The average Bonchev–Trinajstić information content (AvgIpc) is 2.60. The summed E-state index contributed by atoms with van der Waals surface area (Å²) in [5, 5.41) is 0. The van der Waals surface area contributed by atoms with Crippen molar-refractivity contribution in [3.8, 4) is 0 Å². The molecule has 6 nitrogen and oxygen atoms in total. The van der Waals surface area contributed by atoms with Crippen molar-refractivity contribution in [2.75, 3.05) is 13.2 Å². The summed E-state index contributed by atoms with van der Waals surface area (Å²) in [7, 11) is 1.65. The minimum absolute atomic E-state index is 0.125. The molecule has 0 aliphatic heterocycles. The Morgan fingerprint density at radius 3 is 2.10 bits per heavy atom. The van der Waals surface area contributed by atoms with E-state index in [1.54, 1.807) is 39.3 Å². The van der Waals surface area contributed by atoms with Gasteiger partial charge in [-0.3, -0.25) is 4.79 Å². The standard InChI is InChI=1S/C14H19NO5/c1-6-19-13(17)11-8(3)10(9(4)15(11)5)12(16)14(18)20-7-2/h6-7H2,1-5H3. The van der Waals surface area contributed by atoms with E-state index in [0.29, 0.717) is 11.3 Å². The fraction of sp³-hybridized carbons (Fsp3) is 0.500. The first-order valence-corrected chi connectivity index (χ1v) is 6.41. The summed E-state index contributed by atoms with van der Waals surface area (Å²) in [4.78, 5) is 35.5. The third kappa shape index (κ3) is 2.74. The normalized spacial score (nSPS) is 10.2. The van der Waals surface area contributed by atoms with E-state index in [9.17, 15) is 14.4 Å². The van der Waals surface area contributed by atoms with Crippen LogP contribution < -0.4 is 0 Å². The van der Waals surface area contributed by atoms with Gasteiger partial charge in [0, 0.05) is 12.7 Å². The van der Waals surface area contributed by atoms with Crippen molar-refractivity contribution >= 4 is 17.7 Å². The molecule has 0 saturated carbocycles. The van der Waals surface area contributed by atoms with Gasteiger partial charge in [0.1, 0.15) is 5.69 Å². The number of esters is 2. The van der Waals surface area contributed by atoms with Crippen molar-refractivity contribution in [1.29, 1.82) is 0 Å². The molecule has 6 heteroatoms. The van der Waals surface area contributed by atoms with Crippen LogP contribution in [0.1, 0.15) is 46.0 Å². The Kier molecular flexibility index (Phi) is 5.07. The molecule has 0 bridgehead atoms. The second kappa shape index (κ2) is 6.36. The van der Waals surface area contributed by atoms with Crippen molar-refractivity contribution in [2.24, 2.45) is 7.05 Å². The van der Waals surface area contributed by atoms with E-state index in [4.69, 9.17) is 9.47 Å². The molecule has 110 valence electrons. The zero-order valence-corrected chi connectivity index (χ0v) is 12.4. The lowest BCUT2D eigenvalue weighted by Crippen LogP contribution is -2.19. The van der Waals surface area contributed by atoms with Crippen molar-refractivity contribution in [3.05, 3.63) is 22.5 Å². The van der Waals surface area contributed by atoms with E-state index in [1.165, 1.54) is 0 Å². The predicted octanol–water partition coefficient (Wildman–Crippen LogP) is 1.56. The van der Waals surface area contributed by atoms with E-state index >= 15 is 0 Å². The molecule has 0 amide bonds. The van der Waals surface area contributed by atoms with Crippen LogP contribution in [-0.2, 0) is 21.3 Å². The molecule has 1 aromatic heterocycles. The predicted molar refractivity (Wildman–Crippen MR) is 71.8 cm³/mol. The molecular weight excluding hydrogens is 262 g/mol. The zero-order chi connectivity index (χ0) is 15.4. The van der Waals surface area contributed by atoms with Gasteiger partial charge in [0.15, 0.2) is 0 Å². The van der Waals surface area contributed by atoms with Gasteiger partial charge in [-0.25, -0.2) is 9.59 Å². The number of hydrogen-bond donors (Lipinski definition) is 0. The summed E-state index contributed by atoms with van der Waals surface area (Å²) in [6.07, 6.45) is 0. The van der Waals surface area contributed by atoms with Crippen LogP contribution in [0, 0.1) is 13.8 Å². The summed E-state index contributed by atoms with van der Waals surface area (Å²) in [6.45, 7) is 6.98. The van der Waals surface area contributed by atoms with Gasteiger partial charge in [-0.05, 0) is 33.3 Å². The Bertz CT molecular complexity index is 556. The van der Waals surface area contributed by atoms with E-state index in [1.807, 2.05) is 0 Å². The molecule has 0 aliphatic rings. The molecule has 0 aliphatic carbocycles. The van der Waals surface area contributed by atoms with E-state index < -0.39 is 17.7 Å². The highest BCUT2D eigenvalue weighted by Crippen LogP contribution is 2.22. The van der Waals surface area contributed by atoms with Crippen molar-refractivity contribution < 1.29 is 23.9 Å². The number of nitrogens with zero attached hydrogens (tertiary/aromatic N) is 1. The Balaban J connectivity index is 3.30. The highest BCUT2D eigenvalue weighted by Gasteiger charge is 2.29. The smallest absolute Gasteiger partial charge is 0.379 e. The van der Waals surface area contributed by atoms with Crippen LogP contribution in [0.4, 0.5) is 0 Å². The highest BCUT2D eigenvalue weighted by molar-refractivity contribution is 6.41. The SMILES string of the molecule is CCOC(=O)C(=O)c1c(C)c(C(=O)OCC)n(C)c1C. The zero-order valence-electron chi connectivity index (χ0n) is 12.4. The number of ether oxygens (including phenoxy) is 2. The minimum Gasteiger partial charge on any atom is -0.461 e. The van der Waals surface area contributed by atoms with Crippen molar-refractivity contribution in [3.63, 3.8) is 0 Å². The van der Waals surface area contributed by atoms with Gasteiger partial charge >= 0.3 is 11.9 Å². The van der Waals surface area contributed by atoms with Crippen LogP contribution in [0.25, 0.3) is 0 Å². The van der Waals surface area contributed by atoms with Crippen LogP contribution in [0.15, 0.2) is 0 Å². The maximum atomic E-state index is 12.1. The third-order valence-corrected chi connectivity index (χ3v) is 3.09. The molecule has 0 unspecified atom stereocenters. The topological polar surface area (TPSA) is 74.6 Å². The summed E-state index contributed by atoms with van der Waals surface area (Å²) in [5.41, 5.74) is 1.44. The van der Waals surface area contributed by atoms with E-state index in [2.05, 4.69) is 0 Å². The monoisotopic (exact) mass is 281 g/mol. The van der Waals surface area contributed by atoms with Crippen LogP contribution in [-0.4, -0.2) is 35.5 Å². The molecule has 20 heavy (non-hydrogen) atoms. The first-order chi connectivity index (χ1) is 9.36. The minimum atomic E-state index is -0.917. The van der Waals surface area contributed by atoms with Crippen molar-refractivity contribution in [1.82, 2.24) is 4.57 Å². The number of Topliss-reactive ketones (excluding diaryl/α,β-unsaturated/α-hetero) is 1. The fourth-order valence-corrected chi connectivity index (χ4v) is 2.10. The second-order valence-corrected chi connectivity index (χ2v) is 4.26. The molecule has 0 fully saturated rings. The summed E-state index contributed by atoms with van der Waals surface area (Å²) in [6, 6.07) is 0. The maximum absolute atomic E-state index is 12.1. The van der Waals surface area contributed by atoms with E-state index in [0.717, 1.165) is 0 Å². The molecule has 0 atom stereocenters. The van der Waals surface area contributed by atoms with Gasteiger partial charge < -0.3 is 14.0 Å². The Hall–Kier alpha value is -2.11. The molecule has 1 aromatic rings. The molecule has 0 N–H and O–H groups in total. The quantitative estimate of drug-likeness (QED) is 0.465. The maximum Gasteiger partial charge on any atom is 0.379 e. The van der Waals surface area contributed by atoms with Gasteiger partial charge in [-0.15, -0.1) is 0 Å². The Morgan fingerprint density at radius 1 is 1.05 bits per heavy atom. The lowest BCUT2D eigenvalue weighted by Gasteiger charge is -2.05. The number of hydrogen-bond acceptors (Lipinski definition) is 5. The number of rotatable bonds is 5. The third-order valence-electron chi connectivity index (χ3n) is 3.09. The first kappa shape index (κ1) is 15.9. The van der Waals surface area contributed by atoms with Gasteiger partial charge in [-0.2, -0.15) is 0 Å². The highest BCUT2D eigenvalue weighted by atomic mass is 16.5. The lowest BCUT2D eigenvalue weighted by molar-refractivity contribution is -0.137. The molecule has 0 aromatic carbocycles. The second-order valence-electron chi connectivity index (χ2n) is 4.26. The summed E-state index contributed by atoms with van der Waals surface area (Å²) < 4.78 is 11.2. The van der Waals surface area contributed by atoms with Crippen LogP contribution in [0.5, 0.6) is 0 Å². The number of aromatic nitrogens is 1. The van der Waals surface area contributed by atoms with Crippen LogP contribution in [0.3, 0.4) is 0 Å². The van der Waals surface area contributed by atoms with Gasteiger partial charge in [0.2, 0.25) is 0 Å². The Morgan fingerprint density at radius 2 is 1.60 bits per heavy atom. The average molecular weight is 281 g/mol. The number of ketones is 1. The molecule has 0 saturated heterocycles. The lowest BCUT2D eigenvalue weighted by atomic mass is 10.1. The van der Waals surface area contributed by atoms with Gasteiger partial charge in [0.25, 0.3) is 5.78 Å². The number of carbonyl (C=O) groups is 3. The largest absolute Gasteiger partial charge is 0.461 e. The molecule has 0 spiro atoms. The Labute approximate surface area is 117 Å². The van der Waals surface area contributed by atoms with Crippen LogP contribution >= 0.6 is 0 Å². The van der Waals surface area contributed by atoms with Crippen LogP contribution in [0.2, 0.25) is 0 Å². The summed E-state index contributed by atoms with van der Waals surface area (Å²) in [5.74, 6) is -2.17. The summed E-state index contributed by atoms with van der Waals surface area (Å²) >= 11 is 0. The van der Waals surface area contributed by atoms with Gasteiger partial charge in [0.05, 0.1) is 18.8 Å². The fourth-order valence-electron chi connectivity index (χ4n) is 2.10. The van der Waals surface area contributed by atoms with Crippen molar-refractivity contribution in [2.45, 2.75) is 27.7 Å². The van der Waals surface area contributed by atoms with E-state index in [-0.39, 0.29) is 24.5 Å². The van der Waals surface area contributed by atoms with Gasteiger partial charge in [-0.1, -0.05) is 0 Å². The molecule has 0 radical (unpaired) electrons. The number of carbonyl (C=O) groups excluding carboxylic acids is 3. The molecular formula is C14H19NO5. The first-order valence-electron chi connectivity index (χ1n) is 6.41.